The van der Waals surface area contributed by atoms with E-state index in [0.29, 0.717) is 6.54 Å². The van der Waals surface area contributed by atoms with E-state index < -0.39 is 11.0 Å². The molecule has 0 saturated heterocycles. The Morgan fingerprint density at radius 1 is 1.73 bits per heavy atom. The van der Waals surface area contributed by atoms with Crippen molar-refractivity contribution in [2.75, 3.05) is 6.54 Å². The van der Waals surface area contributed by atoms with Crippen LogP contribution >= 0.6 is 0 Å². The van der Waals surface area contributed by atoms with Crippen LogP contribution in [0.2, 0.25) is 0 Å². The van der Waals surface area contributed by atoms with Crippen LogP contribution in [0.5, 0.6) is 5.88 Å². The number of hydrogen-bond acceptors (Lipinski definition) is 5. The smallest absolute Gasteiger partial charge is 0.301 e. The third-order valence-electron chi connectivity index (χ3n) is 1.51. The fraction of sp³-hybridized carbons (Fsp3) is 0.250. The molecule has 0 spiro atoms. The fourth-order valence-corrected chi connectivity index (χ4v) is 0.963. The van der Waals surface area contributed by atoms with Gasteiger partial charge >= 0.3 is 5.09 Å². The summed E-state index contributed by atoms with van der Waals surface area (Å²) in [5, 5.41) is 11.6. The van der Waals surface area contributed by atoms with E-state index in [-0.39, 0.29) is 11.4 Å². The molecule has 0 bridgehead atoms. The molecule has 0 aromatic carbocycles. The highest BCUT2D eigenvalue weighted by Crippen LogP contribution is 2.13. The van der Waals surface area contributed by atoms with Crippen molar-refractivity contribution in [1.29, 1.82) is 0 Å². The number of pyridine rings is 1. The highest BCUT2D eigenvalue weighted by atomic mass is 17.0. The Morgan fingerprint density at radius 2 is 2.47 bits per heavy atom. The molecule has 1 aromatic rings. The maximum atomic E-state index is 11.4. The van der Waals surface area contributed by atoms with E-state index in [1.54, 1.807) is 6.92 Å². The molecule has 0 radical (unpaired) electrons. The monoisotopic (exact) mass is 211 g/mol. The van der Waals surface area contributed by atoms with Crippen LogP contribution in [0.1, 0.15) is 17.3 Å². The summed E-state index contributed by atoms with van der Waals surface area (Å²) in [5.41, 5.74) is 0.0380. The van der Waals surface area contributed by atoms with Gasteiger partial charge < -0.3 is 5.32 Å². The van der Waals surface area contributed by atoms with Crippen molar-refractivity contribution in [3.05, 3.63) is 34.0 Å². The summed E-state index contributed by atoms with van der Waals surface area (Å²) >= 11 is 0. The summed E-state index contributed by atoms with van der Waals surface area (Å²) in [6, 6.07) is 2.90. The van der Waals surface area contributed by atoms with E-state index in [0.717, 1.165) is 0 Å². The van der Waals surface area contributed by atoms with Crippen molar-refractivity contribution in [2.24, 2.45) is 0 Å². The minimum atomic E-state index is -1.01. The molecule has 0 saturated carbocycles. The van der Waals surface area contributed by atoms with Gasteiger partial charge in [0.25, 0.3) is 5.91 Å². The molecule has 15 heavy (non-hydrogen) atoms. The van der Waals surface area contributed by atoms with Crippen LogP contribution in [0.15, 0.2) is 18.3 Å². The Labute approximate surface area is 85.2 Å². The molecule has 1 heterocycles. The minimum absolute atomic E-state index is 0.0380. The summed E-state index contributed by atoms with van der Waals surface area (Å²) in [7, 11) is 0. The van der Waals surface area contributed by atoms with Crippen LogP contribution in [0.25, 0.3) is 0 Å². The minimum Gasteiger partial charge on any atom is -0.352 e. The van der Waals surface area contributed by atoms with Crippen LogP contribution < -0.4 is 10.2 Å². The van der Waals surface area contributed by atoms with Crippen molar-refractivity contribution < 1.29 is 14.7 Å². The highest BCUT2D eigenvalue weighted by Gasteiger charge is 2.14. The van der Waals surface area contributed by atoms with Gasteiger partial charge in [0.1, 0.15) is 0 Å². The van der Waals surface area contributed by atoms with Crippen molar-refractivity contribution in [3.8, 4) is 5.88 Å². The largest absolute Gasteiger partial charge is 0.352 e. The van der Waals surface area contributed by atoms with Gasteiger partial charge in [-0.1, -0.05) is 0 Å². The Balaban J connectivity index is 2.95. The van der Waals surface area contributed by atoms with E-state index >= 15 is 0 Å². The van der Waals surface area contributed by atoms with Gasteiger partial charge in [-0.05, 0) is 19.1 Å². The number of carbonyl (C=O) groups is 1. The number of rotatable bonds is 4. The van der Waals surface area contributed by atoms with Crippen LogP contribution in [-0.4, -0.2) is 22.5 Å². The summed E-state index contributed by atoms with van der Waals surface area (Å²) in [6.07, 6.45) is 1.31. The topological polar surface area (TPSA) is 94.4 Å². The summed E-state index contributed by atoms with van der Waals surface area (Å²) in [6.45, 7) is 2.16. The Hall–Kier alpha value is -2.18. The molecule has 0 unspecified atom stereocenters. The molecule has 1 amide bonds. The van der Waals surface area contributed by atoms with Crippen molar-refractivity contribution in [3.63, 3.8) is 0 Å². The molecular formula is C8H9N3O4. The van der Waals surface area contributed by atoms with Crippen molar-refractivity contribution in [2.45, 2.75) is 6.92 Å². The summed E-state index contributed by atoms with van der Waals surface area (Å²) < 4.78 is 0. The molecule has 1 N–H and O–H groups in total. The predicted molar refractivity (Wildman–Crippen MR) is 49.9 cm³/mol. The molecular weight excluding hydrogens is 202 g/mol. The molecule has 7 nitrogen and oxygen atoms in total. The lowest BCUT2D eigenvalue weighted by atomic mass is 10.2. The number of amides is 1. The number of aromatic nitrogens is 1. The number of nitrogens with one attached hydrogen (secondary N) is 1. The quantitative estimate of drug-likeness (QED) is 0.574. The van der Waals surface area contributed by atoms with Crippen LogP contribution in [0.4, 0.5) is 0 Å². The highest BCUT2D eigenvalue weighted by molar-refractivity contribution is 5.96. The molecule has 0 fully saturated rings. The van der Waals surface area contributed by atoms with Crippen LogP contribution in [-0.2, 0) is 0 Å². The first-order valence-corrected chi connectivity index (χ1v) is 4.20. The van der Waals surface area contributed by atoms with Gasteiger partial charge in [0.15, 0.2) is 0 Å². The molecule has 0 atom stereocenters. The second kappa shape index (κ2) is 4.89. The number of carbonyl (C=O) groups excluding carboxylic acids is 1. The van der Waals surface area contributed by atoms with Gasteiger partial charge in [0, 0.05) is 12.7 Å². The van der Waals surface area contributed by atoms with Gasteiger partial charge in [-0.2, -0.15) is 0 Å². The standard InChI is InChI=1S/C8H9N3O4/c1-2-9-7(12)6-4-3-5-10-8(6)15-11(13)14/h3-5H,2H2,1H3,(H,9,12). The number of hydrogen-bond donors (Lipinski definition) is 1. The van der Waals surface area contributed by atoms with Crippen molar-refractivity contribution in [1.82, 2.24) is 10.3 Å². The predicted octanol–water partition coefficient (Wildman–Crippen LogP) is 0.402. The second-order valence-corrected chi connectivity index (χ2v) is 2.53. The Bertz CT molecular complexity index is 380. The third kappa shape index (κ3) is 2.90. The Kier molecular flexibility index (Phi) is 3.55. The molecule has 0 aliphatic heterocycles. The first-order chi connectivity index (χ1) is 7.15. The van der Waals surface area contributed by atoms with Gasteiger partial charge in [-0.25, -0.2) is 4.98 Å². The molecule has 7 heteroatoms. The van der Waals surface area contributed by atoms with E-state index in [4.69, 9.17) is 0 Å². The molecule has 0 aliphatic carbocycles. The first kappa shape index (κ1) is 10.9. The Morgan fingerprint density at radius 3 is 3.07 bits per heavy atom. The molecule has 1 rings (SSSR count). The maximum Gasteiger partial charge on any atom is 0.301 e. The van der Waals surface area contributed by atoms with E-state index in [1.807, 2.05) is 0 Å². The molecule has 0 aliphatic rings. The average molecular weight is 211 g/mol. The zero-order chi connectivity index (χ0) is 11.3. The van der Waals surface area contributed by atoms with Gasteiger partial charge in [-0.3, -0.25) is 9.63 Å². The zero-order valence-corrected chi connectivity index (χ0v) is 7.97. The SMILES string of the molecule is CCNC(=O)c1cccnc1O[N+](=O)[O-]. The van der Waals surface area contributed by atoms with E-state index in [9.17, 15) is 14.9 Å². The lowest BCUT2D eigenvalue weighted by molar-refractivity contribution is -0.712. The van der Waals surface area contributed by atoms with E-state index in [2.05, 4.69) is 15.1 Å². The van der Waals surface area contributed by atoms with Gasteiger partial charge in [-0.15, -0.1) is 10.1 Å². The average Bonchev–Trinajstić information content (AvgIpc) is 2.18. The normalized spacial score (nSPS) is 9.40. The number of nitrogens with zero attached hydrogens (tertiary/aromatic N) is 2. The lowest BCUT2D eigenvalue weighted by Crippen LogP contribution is -2.24. The van der Waals surface area contributed by atoms with Crippen LogP contribution in [0.3, 0.4) is 0 Å². The first-order valence-electron chi connectivity index (χ1n) is 4.20. The summed E-state index contributed by atoms with van der Waals surface area (Å²) in [5.74, 6) is -0.768. The van der Waals surface area contributed by atoms with Gasteiger partial charge in [0.2, 0.25) is 5.88 Å². The van der Waals surface area contributed by atoms with Crippen molar-refractivity contribution >= 4 is 5.91 Å². The zero-order valence-electron chi connectivity index (χ0n) is 7.97. The fourth-order valence-electron chi connectivity index (χ4n) is 0.963. The lowest BCUT2D eigenvalue weighted by Gasteiger charge is -2.05. The summed E-state index contributed by atoms with van der Waals surface area (Å²) in [4.78, 5) is 29.3. The van der Waals surface area contributed by atoms with Crippen LogP contribution in [0, 0.1) is 10.1 Å². The molecule has 80 valence electrons. The molecule has 1 aromatic heterocycles. The second-order valence-electron chi connectivity index (χ2n) is 2.53. The van der Waals surface area contributed by atoms with E-state index in [1.165, 1.54) is 18.3 Å². The third-order valence-corrected chi connectivity index (χ3v) is 1.51. The maximum absolute atomic E-state index is 11.4. The van der Waals surface area contributed by atoms with Gasteiger partial charge in [0.05, 0.1) is 5.56 Å².